The zero-order chi connectivity index (χ0) is 12.3. The van der Waals surface area contributed by atoms with E-state index in [-0.39, 0.29) is 11.7 Å². The molecule has 1 unspecified atom stereocenters. The number of hydrogen-bond acceptors (Lipinski definition) is 2. The van der Waals surface area contributed by atoms with Gasteiger partial charge in [-0.3, -0.25) is 0 Å². The molecule has 0 amide bonds. The van der Waals surface area contributed by atoms with Crippen LogP contribution in [-0.4, -0.2) is 5.11 Å². The standard InChI is InChI=1S/C15H13NO/c1-11(12-6-3-2-4-7-12)14-9-5-8-13(10-16)15(14)17/h2-9,11,17H,1H3. The molecule has 0 bridgehead atoms. The third kappa shape index (κ3) is 2.14. The van der Waals surface area contributed by atoms with Gasteiger partial charge in [-0.15, -0.1) is 0 Å². The van der Waals surface area contributed by atoms with Crippen molar-refractivity contribution < 1.29 is 5.11 Å². The quantitative estimate of drug-likeness (QED) is 0.847. The summed E-state index contributed by atoms with van der Waals surface area (Å²) < 4.78 is 0. The van der Waals surface area contributed by atoms with Crippen molar-refractivity contribution in [2.24, 2.45) is 0 Å². The molecule has 0 saturated heterocycles. The first-order valence-electron chi connectivity index (χ1n) is 5.51. The van der Waals surface area contributed by atoms with Gasteiger partial charge >= 0.3 is 0 Å². The molecule has 2 heteroatoms. The van der Waals surface area contributed by atoms with E-state index in [1.54, 1.807) is 12.1 Å². The maximum absolute atomic E-state index is 10.00. The van der Waals surface area contributed by atoms with E-state index in [0.29, 0.717) is 5.56 Å². The number of para-hydroxylation sites is 1. The van der Waals surface area contributed by atoms with Crippen LogP contribution >= 0.6 is 0 Å². The molecule has 0 aromatic heterocycles. The van der Waals surface area contributed by atoms with Gasteiger partial charge < -0.3 is 5.11 Å². The van der Waals surface area contributed by atoms with Gasteiger partial charge in [0.1, 0.15) is 11.8 Å². The predicted octanol–water partition coefficient (Wildman–Crippen LogP) is 3.42. The predicted molar refractivity (Wildman–Crippen MR) is 66.8 cm³/mol. The molecule has 0 fully saturated rings. The Bertz CT molecular complexity index is 555. The fourth-order valence-electron chi connectivity index (χ4n) is 1.92. The topological polar surface area (TPSA) is 44.0 Å². The highest BCUT2D eigenvalue weighted by Crippen LogP contribution is 2.32. The highest BCUT2D eigenvalue weighted by Gasteiger charge is 2.14. The lowest BCUT2D eigenvalue weighted by molar-refractivity contribution is 0.464. The SMILES string of the molecule is CC(c1ccccc1)c1cccc(C#N)c1O. The lowest BCUT2D eigenvalue weighted by Gasteiger charge is -2.14. The Kier molecular flexibility index (Phi) is 3.11. The van der Waals surface area contributed by atoms with E-state index in [9.17, 15) is 5.11 Å². The van der Waals surface area contributed by atoms with Crippen molar-refractivity contribution in [1.29, 1.82) is 5.26 Å². The van der Waals surface area contributed by atoms with Crippen LogP contribution < -0.4 is 0 Å². The van der Waals surface area contributed by atoms with Crippen molar-refractivity contribution in [3.05, 3.63) is 65.2 Å². The number of benzene rings is 2. The van der Waals surface area contributed by atoms with Crippen LogP contribution in [0.2, 0.25) is 0 Å². The molecule has 0 saturated carbocycles. The molecule has 1 N–H and O–H groups in total. The van der Waals surface area contributed by atoms with Crippen molar-refractivity contribution in [2.45, 2.75) is 12.8 Å². The molecule has 2 aromatic rings. The number of rotatable bonds is 2. The second kappa shape index (κ2) is 4.71. The molecule has 84 valence electrons. The highest BCUT2D eigenvalue weighted by molar-refractivity contribution is 5.50. The average Bonchev–Trinajstić information content (AvgIpc) is 2.39. The maximum atomic E-state index is 10.00. The van der Waals surface area contributed by atoms with Crippen LogP contribution in [0.3, 0.4) is 0 Å². The van der Waals surface area contributed by atoms with Crippen molar-refractivity contribution in [1.82, 2.24) is 0 Å². The molecule has 0 heterocycles. The Labute approximate surface area is 101 Å². The minimum absolute atomic E-state index is 0.0736. The number of phenols is 1. The van der Waals surface area contributed by atoms with Crippen LogP contribution in [0.1, 0.15) is 29.5 Å². The molecule has 0 radical (unpaired) electrons. The molecule has 1 atom stereocenters. The summed E-state index contributed by atoms with van der Waals surface area (Å²) in [4.78, 5) is 0. The van der Waals surface area contributed by atoms with Crippen LogP contribution in [0.5, 0.6) is 5.75 Å². The first kappa shape index (κ1) is 11.2. The molecule has 0 aliphatic heterocycles. The molecule has 0 spiro atoms. The van der Waals surface area contributed by atoms with Crippen LogP contribution in [0.15, 0.2) is 48.5 Å². The van der Waals surface area contributed by atoms with Crippen molar-refractivity contribution in [2.75, 3.05) is 0 Å². The van der Waals surface area contributed by atoms with Gasteiger partial charge in [0.15, 0.2) is 0 Å². The van der Waals surface area contributed by atoms with Crippen LogP contribution in [-0.2, 0) is 0 Å². The molecular formula is C15H13NO. The third-order valence-electron chi connectivity index (χ3n) is 2.95. The van der Waals surface area contributed by atoms with E-state index in [1.165, 1.54) is 0 Å². The van der Waals surface area contributed by atoms with Crippen LogP contribution in [0.4, 0.5) is 0 Å². The van der Waals surface area contributed by atoms with E-state index in [0.717, 1.165) is 11.1 Å². The number of phenolic OH excluding ortho intramolecular Hbond substituents is 1. The Hall–Kier alpha value is -2.27. The molecule has 0 aliphatic rings. The molecule has 2 nitrogen and oxygen atoms in total. The summed E-state index contributed by atoms with van der Waals surface area (Å²) >= 11 is 0. The van der Waals surface area contributed by atoms with Gasteiger partial charge in [0.25, 0.3) is 0 Å². The molecule has 2 aromatic carbocycles. The van der Waals surface area contributed by atoms with E-state index >= 15 is 0 Å². The minimum Gasteiger partial charge on any atom is -0.506 e. The van der Waals surface area contributed by atoms with Crippen LogP contribution in [0, 0.1) is 11.3 Å². The maximum Gasteiger partial charge on any atom is 0.137 e. The zero-order valence-electron chi connectivity index (χ0n) is 9.59. The Morgan fingerprint density at radius 2 is 1.76 bits per heavy atom. The summed E-state index contributed by atoms with van der Waals surface area (Å²) in [5.41, 5.74) is 2.23. The van der Waals surface area contributed by atoms with Gasteiger partial charge in [0.2, 0.25) is 0 Å². The summed E-state index contributed by atoms with van der Waals surface area (Å²) in [6.07, 6.45) is 0. The lowest BCUT2D eigenvalue weighted by Crippen LogP contribution is -1.97. The third-order valence-corrected chi connectivity index (χ3v) is 2.95. The number of aromatic hydroxyl groups is 1. The van der Waals surface area contributed by atoms with E-state index in [2.05, 4.69) is 0 Å². The average molecular weight is 223 g/mol. The smallest absolute Gasteiger partial charge is 0.137 e. The summed E-state index contributed by atoms with van der Waals surface area (Å²) in [5.74, 6) is 0.163. The molecule has 2 rings (SSSR count). The van der Waals surface area contributed by atoms with Gasteiger partial charge in [0, 0.05) is 11.5 Å². The highest BCUT2D eigenvalue weighted by atomic mass is 16.3. The monoisotopic (exact) mass is 223 g/mol. The number of nitrogens with zero attached hydrogens (tertiary/aromatic N) is 1. The van der Waals surface area contributed by atoms with Gasteiger partial charge in [-0.1, -0.05) is 49.4 Å². The largest absolute Gasteiger partial charge is 0.506 e. The van der Waals surface area contributed by atoms with Crippen molar-refractivity contribution >= 4 is 0 Å². The lowest BCUT2D eigenvalue weighted by atomic mass is 9.91. The summed E-state index contributed by atoms with van der Waals surface area (Å²) in [6, 6.07) is 17.2. The second-order valence-electron chi connectivity index (χ2n) is 3.99. The second-order valence-corrected chi connectivity index (χ2v) is 3.99. The first-order chi connectivity index (χ1) is 8.24. The van der Waals surface area contributed by atoms with E-state index < -0.39 is 0 Å². The van der Waals surface area contributed by atoms with Crippen molar-refractivity contribution in [3.8, 4) is 11.8 Å². The number of hydrogen-bond donors (Lipinski definition) is 1. The number of nitriles is 1. The normalized spacial score (nSPS) is 11.8. The Morgan fingerprint density at radius 3 is 2.41 bits per heavy atom. The van der Waals surface area contributed by atoms with Crippen molar-refractivity contribution in [3.63, 3.8) is 0 Å². The van der Waals surface area contributed by atoms with Crippen LogP contribution in [0.25, 0.3) is 0 Å². The molecular weight excluding hydrogens is 210 g/mol. The first-order valence-corrected chi connectivity index (χ1v) is 5.51. The summed E-state index contributed by atoms with van der Waals surface area (Å²) in [7, 11) is 0. The molecule has 0 aliphatic carbocycles. The van der Waals surface area contributed by atoms with E-state index in [4.69, 9.17) is 5.26 Å². The fourth-order valence-corrected chi connectivity index (χ4v) is 1.92. The Balaban J connectivity index is 2.45. The molecule has 17 heavy (non-hydrogen) atoms. The summed E-state index contributed by atoms with van der Waals surface area (Å²) in [6.45, 7) is 2.02. The van der Waals surface area contributed by atoms with Gasteiger partial charge in [-0.2, -0.15) is 5.26 Å². The minimum atomic E-state index is 0.0736. The zero-order valence-corrected chi connectivity index (χ0v) is 9.59. The van der Waals surface area contributed by atoms with Gasteiger partial charge in [-0.25, -0.2) is 0 Å². The van der Waals surface area contributed by atoms with E-state index in [1.807, 2.05) is 49.4 Å². The Morgan fingerprint density at radius 1 is 1.06 bits per heavy atom. The fraction of sp³-hybridized carbons (Fsp3) is 0.133. The van der Waals surface area contributed by atoms with Gasteiger partial charge in [-0.05, 0) is 11.6 Å². The van der Waals surface area contributed by atoms with Gasteiger partial charge in [0.05, 0.1) is 5.56 Å². The summed E-state index contributed by atoms with van der Waals surface area (Å²) in [5, 5.41) is 18.9.